The number of aryl methyl sites for hydroxylation is 1. The maximum Gasteiger partial charge on any atom is 0.527 e. The van der Waals surface area contributed by atoms with Crippen LogP contribution in [0.1, 0.15) is 33.9 Å². The molecule has 0 unspecified atom stereocenters. The van der Waals surface area contributed by atoms with Crippen molar-refractivity contribution in [2.24, 2.45) is 11.7 Å². The van der Waals surface area contributed by atoms with E-state index in [1.54, 1.807) is 16.9 Å². The fourth-order valence-electron chi connectivity index (χ4n) is 3.69. The number of carbonyl (C=O) groups excluding carboxylic acids is 1. The molecule has 2 aliphatic heterocycles. The molecule has 28 heavy (non-hydrogen) atoms. The number of nitrogens with one attached hydrogen (secondary N) is 1. The molecule has 0 radical (unpaired) electrons. The van der Waals surface area contributed by atoms with Gasteiger partial charge in [0.2, 0.25) is 0 Å². The van der Waals surface area contributed by atoms with Crippen LogP contribution in [0.15, 0.2) is 18.3 Å². The van der Waals surface area contributed by atoms with Crippen LogP contribution >= 0.6 is 0 Å². The number of ether oxygens (including phenoxy) is 1. The maximum atomic E-state index is 11.9. The first-order valence-corrected chi connectivity index (χ1v) is 9.08. The van der Waals surface area contributed by atoms with Crippen LogP contribution in [0.2, 0.25) is 0 Å². The lowest BCUT2D eigenvalue weighted by Gasteiger charge is -2.26. The van der Waals surface area contributed by atoms with Crippen molar-refractivity contribution in [2.45, 2.75) is 25.7 Å². The lowest BCUT2D eigenvalue weighted by atomic mass is 9.83. The average molecular weight is 381 g/mol. The fraction of sp³-hybridized carbons (Fsp3) is 0.389. The van der Waals surface area contributed by atoms with Gasteiger partial charge in [-0.3, -0.25) is 9.48 Å². The minimum atomic E-state index is -0.849. The van der Waals surface area contributed by atoms with Gasteiger partial charge < -0.3 is 25.5 Å². The van der Waals surface area contributed by atoms with Crippen LogP contribution in [-0.2, 0) is 11.1 Å². The summed E-state index contributed by atoms with van der Waals surface area (Å²) >= 11 is 0. The average Bonchev–Trinajstić information content (AvgIpc) is 3.25. The summed E-state index contributed by atoms with van der Waals surface area (Å²) in [4.78, 5) is 11.9. The van der Waals surface area contributed by atoms with Gasteiger partial charge in [-0.2, -0.15) is 10.4 Å². The zero-order chi connectivity index (χ0) is 19.8. The Morgan fingerprint density at radius 3 is 3.11 bits per heavy atom. The second kappa shape index (κ2) is 7.18. The van der Waals surface area contributed by atoms with Gasteiger partial charge in [0.05, 0.1) is 24.6 Å². The van der Waals surface area contributed by atoms with Gasteiger partial charge in [-0.1, -0.05) is 0 Å². The number of amides is 1. The minimum absolute atomic E-state index is 0.223. The molecule has 4 N–H and O–H groups in total. The summed E-state index contributed by atoms with van der Waals surface area (Å²) in [6.07, 6.45) is 2.61. The van der Waals surface area contributed by atoms with Gasteiger partial charge in [0.15, 0.2) is 5.82 Å². The van der Waals surface area contributed by atoms with Crippen LogP contribution in [0, 0.1) is 24.2 Å². The molecule has 144 valence electrons. The van der Waals surface area contributed by atoms with Gasteiger partial charge in [0.1, 0.15) is 11.3 Å². The number of nitrogens with zero attached hydrogens (tertiary/aromatic N) is 3. The summed E-state index contributed by atoms with van der Waals surface area (Å²) in [5, 5.41) is 26.7. The summed E-state index contributed by atoms with van der Waals surface area (Å²) in [5.74, 6) is 0.0239. The van der Waals surface area contributed by atoms with E-state index in [-0.39, 0.29) is 17.5 Å². The SMILES string of the molecule is Cc1cc(Nc2nn([C@@H]3COCC[C@H]3C#N)cc2C(N)=O)cc2c1CB(O)O2. The maximum absolute atomic E-state index is 11.9. The quantitative estimate of drug-likeness (QED) is 0.675. The Balaban J connectivity index is 1.66. The van der Waals surface area contributed by atoms with Gasteiger partial charge in [-0.25, -0.2) is 0 Å². The zero-order valence-electron chi connectivity index (χ0n) is 15.4. The monoisotopic (exact) mass is 381 g/mol. The van der Waals surface area contributed by atoms with Crippen LogP contribution in [0.5, 0.6) is 5.75 Å². The van der Waals surface area contributed by atoms with Crippen LogP contribution in [0.4, 0.5) is 11.5 Å². The number of nitrogens with two attached hydrogens (primary N) is 1. The molecule has 1 fully saturated rings. The van der Waals surface area contributed by atoms with E-state index in [0.717, 1.165) is 11.1 Å². The smallest absolute Gasteiger partial charge is 0.527 e. The first-order chi connectivity index (χ1) is 13.5. The van der Waals surface area contributed by atoms with Crippen LogP contribution in [0.3, 0.4) is 0 Å². The van der Waals surface area contributed by atoms with Crippen LogP contribution in [0.25, 0.3) is 0 Å². The van der Waals surface area contributed by atoms with Crippen molar-refractivity contribution in [3.8, 4) is 11.8 Å². The van der Waals surface area contributed by atoms with Gasteiger partial charge >= 0.3 is 7.12 Å². The summed E-state index contributed by atoms with van der Waals surface area (Å²) in [6.45, 7) is 2.81. The number of anilines is 2. The van der Waals surface area contributed by atoms with Crippen molar-refractivity contribution < 1.29 is 19.2 Å². The molecule has 1 amide bonds. The summed E-state index contributed by atoms with van der Waals surface area (Å²) in [6, 6.07) is 5.65. The number of rotatable bonds is 4. The summed E-state index contributed by atoms with van der Waals surface area (Å²) in [5.41, 5.74) is 8.33. The molecule has 2 atom stereocenters. The highest BCUT2D eigenvalue weighted by Gasteiger charge is 2.31. The molecule has 0 spiro atoms. The number of fused-ring (bicyclic) bond motifs is 1. The van der Waals surface area contributed by atoms with Crippen LogP contribution in [-0.4, -0.2) is 41.0 Å². The Morgan fingerprint density at radius 1 is 1.54 bits per heavy atom. The van der Waals surface area contributed by atoms with Crippen molar-refractivity contribution in [3.05, 3.63) is 35.0 Å². The molecule has 1 aromatic heterocycles. The first kappa shape index (κ1) is 18.3. The predicted octanol–water partition coefficient (Wildman–Crippen LogP) is 1.09. The predicted molar refractivity (Wildman–Crippen MR) is 101 cm³/mol. The number of primary amides is 1. The van der Waals surface area contributed by atoms with Crippen molar-refractivity contribution >= 4 is 24.5 Å². The third-order valence-electron chi connectivity index (χ3n) is 5.17. The number of benzene rings is 1. The molecule has 10 heteroatoms. The lowest BCUT2D eigenvalue weighted by molar-refractivity contribution is 0.0342. The molecule has 9 nitrogen and oxygen atoms in total. The fourth-order valence-corrected chi connectivity index (χ4v) is 3.69. The molecular formula is C18H20BN5O4. The number of hydrogen-bond acceptors (Lipinski definition) is 7. The lowest BCUT2D eigenvalue weighted by Crippen LogP contribution is -2.29. The van der Waals surface area contributed by atoms with E-state index in [0.29, 0.717) is 43.2 Å². The second-order valence-electron chi connectivity index (χ2n) is 7.07. The topological polar surface area (TPSA) is 135 Å². The van der Waals surface area contributed by atoms with Gasteiger partial charge in [0.25, 0.3) is 5.91 Å². The van der Waals surface area contributed by atoms with E-state index in [4.69, 9.17) is 15.1 Å². The van der Waals surface area contributed by atoms with Crippen molar-refractivity contribution in [2.75, 3.05) is 18.5 Å². The highest BCUT2D eigenvalue weighted by Crippen LogP contribution is 2.34. The third-order valence-corrected chi connectivity index (χ3v) is 5.17. The highest BCUT2D eigenvalue weighted by atomic mass is 16.5. The number of aromatic nitrogens is 2. The van der Waals surface area contributed by atoms with Crippen molar-refractivity contribution in [1.82, 2.24) is 9.78 Å². The van der Waals surface area contributed by atoms with E-state index in [1.807, 2.05) is 13.0 Å². The summed E-state index contributed by atoms with van der Waals surface area (Å²) < 4.78 is 12.5. The molecule has 3 heterocycles. The molecule has 0 aliphatic carbocycles. The minimum Gasteiger partial charge on any atom is -0.536 e. The highest BCUT2D eigenvalue weighted by molar-refractivity contribution is 6.44. The van der Waals surface area contributed by atoms with Gasteiger partial charge in [0, 0.05) is 30.9 Å². The Kier molecular flexibility index (Phi) is 4.71. The van der Waals surface area contributed by atoms with E-state index in [2.05, 4.69) is 16.5 Å². The van der Waals surface area contributed by atoms with Gasteiger partial charge in [-0.05, 0) is 30.5 Å². The molecule has 0 bridgehead atoms. The zero-order valence-corrected chi connectivity index (χ0v) is 15.4. The molecule has 2 aliphatic rings. The molecule has 4 rings (SSSR count). The number of hydrogen-bond donors (Lipinski definition) is 3. The molecule has 1 saturated heterocycles. The first-order valence-electron chi connectivity index (χ1n) is 9.08. The molecule has 1 aromatic carbocycles. The van der Waals surface area contributed by atoms with E-state index in [1.165, 1.54) is 0 Å². The summed E-state index contributed by atoms with van der Waals surface area (Å²) in [7, 11) is -0.849. The standard InChI is InChI=1S/C18H20BN5O4/c1-10-4-12(5-16-13(10)6-19(26)28-16)22-18-14(17(21)25)8-24(23-18)15-9-27-3-2-11(15)7-20/h4-5,8,11,15,26H,2-3,6,9H2,1H3,(H2,21,25)(H,22,23)/t11-,15+/m0/s1. The number of nitriles is 1. The van der Waals surface area contributed by atoms with E-state index < -0.39 is 13.0 Å². The molecule has 2 aromatic rings. The molecular weight excluding hydrogens is 361 g/mol. The van der Waals surface area contributed by atoms with E-state index >= 15 is 0 Å². The van der Waals surface area contributed by atoms with Gasteiger partial charge in [-0.15, -0.1) is 0 Å². The van der Waals surface area contributed by atoms with Crippen molar-refractivity contribution in [1.29, 1.82) is 5.26 Å². The van der Waals surface area contributed by atoms with Crippen molar-refractivity contribution in [3.63, 3.8) is 0 Å². The Morgan fingerprint density at radius 2 is 2.36 bits per heavy atom. The number of carbonyl (C=O) groups is 1. The van der Waals surface area contributed by atoms with Crippen LogP contribution < -0.4 is 15.7 Å². The Labute approximate surface area is 162 Å². The molecule has 0 saturated carbocycles. The Hall–Kier alpha value is -3.03. The second-order valence-corrected chi connectivity index (χ2v) is 7.07. The largest absolute Gasteiger partial charge is 0.536 e. The normalized spacial score (nSPS) is 21.0. The third kappa shape index (κ3) is 3.30. The van der Waals surface area contributed by atoms with E-state index in [9.17, 15) is 15.1 Å². The Bertz CT molecular complexity index is 970.